The third kappa shape index (κ3) is 5.63. The number of carbonyl (C=O) groups excluding carboxylic acids is 2. The van der Waals surface area contributed by atoms with Crippen LogP contribution in [0.1, 0.15) is 34.3 Å². The van der Waals surface area contributed by atoms with Crippen molar-refractivity contribution < 1.29 is 14.0 Å². The molecular weight excluding hydrogens is 357 g/mol. The molecule has 0 bridgehead atoms. The second kappa shape index (κ2) is 9.46. The quantitative estimate of drug-likeness (QED) is 0.800. The molecule has 0 unspecified atom stereocenters. The van der Waals surface area contributed by atoms with Crippen LogP contribution in [0, 0.1) is 5.82 Å². The molecule has 2 aromatic carbocycles. The maximum Gasteiger partial charge on any atom is 0.253 e. The molecule has 0 saturated carbocycles. The van der Waals surface area contributed by atoms with E-state index in [0.29, 0.717) is 18.7 Å². The molecule has 1 aliphatic rings. The number of likely N-dealkylation sites (tertiary alicyclic amines) is 1. The Morgan fingerprint density at radius 1 is 1.07 bits per heavy atom. The number of hydrogen-bond acceptors (Lipinski definition) is 3. The van der Waals surface area contributed by atoms with Crippen molar-refractivity contribution in [2.45, 2.75) is 25.9 Å². The molecule has 148 valence electrons. The smallest absolute Gasteiger partial charge is 0.253 e. The van der Waals surface area contributed by atoms with Gasteiger partial charge in [0.2, 0.25) is 5.91 Å². The normalized spacial score (nSPS) is 13.8. The number of benzene rings is 2. The fraction of sp³-hybridized carbons (Fsp3) is 0.364. The summed E-state index contributed by atoms with van der Waals surface area (Å²) in [5.41, 5.74) is 2.46. The van der Waals surface area contributed by atoms with Crippen molar-refractivity contribution >= 4 is 11.8 Å². The van der Waals surface area contributed by atoms with Crippen molar-refractivity contribution in [1.29, 1.82) is 0 Å². The number of halogens is 1. The summed E-state index contributed by atoms with van der Waals surface area (Å²) in [7, 11) is 1.82. The summed E-state index contributed by atoms with van der Waals surface area (Å²) in [6, 6.07) is 13.8. The van der Waals surface area contributed by atoms with Gasteiger partial charge in [-0.1, -0.05) is 24.3 Å². The van der Waals surface area contributed by atoms with Crippen molar-refractivity contribution in [1.82, 2.24) is 15.1 Å². The number of amides is 2. The second-order valence-electron chi connectivity index (χ2n) is 7.28. The fourth-order valence-corrected chi connectivity index (χ4v) is 3.37. The minimum Gasteiger partial charge on any atom is -0.351 e. The molecule has 5 nitrogen and oxygen atoms in total. The van der Waals surface area contributed by atoms with Crippen molar-refractivity contribution in [2.75, 3.05) is 26.7 Å². The lowest BCUT2D eigenvalue weighted by Crippen LogP contribution is -2.34. The zero-order valence-corrected chi connectivity index (χ0v) is 16.2. The van der Waals surface area contributed by atoms with Crippen LogP contribution in [0.3, 0.4) is 0 Å². The van der Waals surface area contributed by atoms with Crippen LogP contribution in [-0.4, -0.2) is 48.3 Å². The molecule has 2 amide bonds. The monoisotopic (exact) mass is 383 g/mol. The lowest BCUT2D eigenvalue weighted by molar-refractivity contribution is -0.122. The Hall–Kier alpha value is -2.73. The van der Waals surface area contributed by atoms with Gasteiger partial charge in [0.1, 0.15) is 5.82 Å². The van der Waals surface area contributed by atoms with Gasteiger partial charge in [0.15, 0.2) is 0 Å². The molecule has 1 aliphatic heterocycles. The van der Waals surface area contributed by atoms with E-state index in [1.54, 1.807) is 6.07 Å². The standard InChI is InChI=1S/C22H26FN3O2/c1-25(15-18-5-4-6-20(23)13-18)16-21(27)24-14-17-7-9-19(10-8-17)22(28)26-11-2-3-12-26/h4-10,13H,2-3,11-12,14-16H2,1H3,(H,24,27). The molecule has 0 radical (unpaired) electrons. The molecule has 2 aromatic rings. The van der Waals surface area contributed by atoms with Crippen molar-refractivity contribution in [2.24, 2.45) is 0 Å². The van der Waals surface area contributed by atoms with Crippen LogP contribution < -0.4 is 5.32 Å². The van der Waals surface area contributed by atoms with Crippen LogP contribution in [0.15, 0.2) is 48.5 Å². The van der Waals surface area contributed by atoms with Crippen molar-refractivity contribution in [3.8, 4) is 0 Å². The SMILES string of the molecule is CN(CC(=O)NCc1ccc(C(=O)N2CCCC2)cc1)Cc1cccc(F)c1. The molecule has 1 fully saturated rings. The minimum atomic E-state index is -0.276. The van der Waals surface area contributed by atoms with Gasteiger partial charge in [0.25, 0.3) is 5.91 Å². The van der Waals surface area contributed by atoms with Crippen LogP contribution >= 0.6 is 0 Å². The first kappa shape index (κ1) is 20.0. The van der Waals surface area contributed by atoms with E-state index in [1.165, 1.54) is 12.1 Å². The Morgan fingerprint density at radius 3 is 2.46 bits per heavy atom. The molecule has 3 rings (SSSR count). The first-order valence-electron chi connectivity index (χ1n) is 9.59. The fourth-order valence-electron chi connectivity index (χ4n) is 3.37. The largest absolute Gasteiger partial charge is 0.351 e. The summed E-state index contributed by atoms with van der Waals surface area (Å²) >= 11 is 0. The van der Waals surface area contributed by atoms with Crippen LogP contribution in [0.25, 0.3) is 0 Å². The van der Waals surface area contributed by atoms with E-state index in [2.05, 4.69) is 5.32 Å². The zero-order valence-electron chi connectivity index (χ0n) is 16.2. The predicted molar refractivity (Wildman–Crippen MR) is 106 cm³/mol. The number of carbonyl (C=O) groups is 2. The predicted octanol–water partition coefficient (Wildman–Crippen LogP) is 2.81. The van der Waals surface area contributed by atoms with E-state index in [1.807, 2.05) is 47.2 Å². The zero-order chi connectivity index (χ0) is 19.9. The van der Waals surface area contributed by atoms with E-state index in [9.17, 15) is 14.0 Å². The summed E-state index contributed by atoms with van der Waals surface area (Å²) in [6.45, 7) is 2.80. The van der Waals surface area contributed by atoms with Crippen molar-refractivity contribution in [3.63, 3.8) is 0 Å². The summed E-state index contributed by atoms with van der Waals surface area (Å²) < 4.78 is 13.2. The Balaban J connectivity index is 1.44. The highest BCUT2D eigenvalue weighted by molar-refractivity contribution is 5.94. The number of likely N-dealkylation sites (N-methyl/N-ethyl adjacent to an activating group) is 1. The molecular formula is C22H26FN3O2. The Morgan fingerprint density at radius 2 is 1.79 bits per heavy atom. The highest BCUT2D eigenvalue weighted by atomic mass is 19.1. The summed E-state index contributed by atoms with van der Waals surface area (Å²) in [5.74, 6) is -0.301. The molecule has 1 saturated heterocycles. The van der Waals surface area contributed by atoms with Gasteiger partial charge in [-0.05, 0) is 55.3 Å². The van der Waals surface area contributed by atoms with E-state index < -0.39 is 0 Å². The van der Waals surface area contributed by atoms with Crippen LogP contribution in [0.5, 0.6) is 0 Å². The molecule has 0 aromatic heterocycles. The van der Waals surface area contributed by atoms with Crippen LogP contribution in [0.4, 0.5) is 4.39 Å². The van der Waals surface area contributed by atoms with E-state index in [-0.39, 0.29) is 24.2 Å². The maximum atomic E-state index is 13.2. The van der Waals surface area contributed by atoms with Gasteiger partial charge >= 0.3 is 0 Å². The highest BCUT2D eigenvalue weighted by Gasteiger charge is 2.19. The van der Waals surface area contributed by atoms with Gasteiger partial charge in [0.05, 0.1) is 6.54 Å². The van der Waals surface area contributed by atoms with Crippen molar-refractivity contribution in [3.05, 3.63) is 71.0 Å². The van der Waals surface area contributed by atoms with Crippen LogP contribution in [0.2, 0.25) is 0 Å². The number of nitrogens with one attached hydrogen (secondary N) is 1. The van der Waals surface area contributed by atoms with Gasteiger partial charge < -0.3 is 10.2 Å². The van der Waals surface area contributed by atoms with E-state index in [0.717, 1.165) is 37.1 Å². The molecule has 1 N–H and O–H groups in total. The molecule has 0 aliphatic carbocycles. The van der Waals surface area contributed by atoms with Gasteiger partial charge in [-0.15, -0.1) is 0 Å². The Labute approximate surface area is 165 Å². The molecule has 28 heavy (non-hydrogen) atoms. The summed E-state index contributed by atoms with van der Waals surface area (Å²) in [6.07, 6.45) is 2.15. The maximum absolute atomic E-state index is 13.2. The third-order valence-electron chi connectivity index (χ3n) is 4.84. The van der Waals surface area contributed by atoms with Gasteiger partial charge in [-0.25, -0.2) is 4.39 Å². The van der Waals surface area contributed by atoms with Gasteiger partial charge in [0, 0.05) is 31.7 Å². The summed E-state index contributed by atoms with van der Waals surface area (Å²) in [4.78, 5) is 28.2. The van der Waals surface area contributed by atoms with E-state index in [4.69, 9.17) is 0 Å². The number of hydrogen-bond donors (Lipinski definition) is 1. The Kier molecular flexibility index (Phi) is 6.76. The molecule has 0 atom stereocenters. The lowest BCUT2D eigenvalue weighted by atomic mass is 10.1. The van der Waals surface area contributed by atoms with E-state index >= 15 is 0 Å². The molecule has 0 spiro atoms. The lowest BCUT2D eigenvalue weighted by Gasteiger charge is -2.17. The molecule has 6 heteroatoms. The average Bonchev–Trinajstić information content (AvgIpc) is 3.21. The highest BCUT2D eigenvalue weighted by Crippen LogP contribution is 2.13. The second-order valence-corrected chi connectivity index (χ2v) is 7.28. The average molecular weight is 383 g/mol. The number of rotatable bonds is 7. The first-order chi connectivity index (χ1) is 13.5. The first-order valence-corrected chi connectivity index (χ1v) is 9.59. The summed E-state index contributed by atoms with van der Waals surface area (Å²) in [5, 5.41) is 2.88. The van der Waals surface area contributed by atoms with Gasteiger partial charge in [-0.2, -0.15) is 0 Å². The molecule has 1 heterocycles. The Bertz CT molecular complexity index is 817. The third-order valence-corrected chi connectivity index (χ3v) is 4.84. The van der Waals surface area contributed by atoms with Gasteiger partial charge in [-0.3, -0.25) is 14.5 Å². The minimum absolute atomic E-state index is 0.0760. The van der Waals surface area contributed by atoms with Crippen LogP contribution in [-0.2, 0) is 17.9 Å². The number of nitrogens with zero attached hydrogens (tertiary/aromatic N) is 2. The topological polar surface area (TPSA) is 52.7 Å².